The van der Waals surface area contributed by atoms with Crippen LogP contribution in [0.25, 0.3) is 0 Å². The van der Waals surface area contributed by atoms with Gasteiger partial charge in [0.2, 0.25) is 0 Å². The van der Waals surface area contributed by atoms with Crippen molar-refractivity contribution in [1.29, 1.82) is 0 Å². The molecule has 2 aromatic heterocycles. The van der Waals surface area contributed by atoms with Crippen LogP contribution in [-0.2, 0) is 6.54 Å². The van der Waals surface area contributed by atoms with E-state index in [1.165, 1.54) is 9.75 Å². The maximum atomic E-state index is 6.06. The zero-order valence-electron chi connectivity index (χ0n) is 9.63. The highest BCUT2D eigenvalue weighted by atomic mass is 35.5. The Kier molecular flexibility index (Phi) is 4.29. The molecule has 0 bridgehead atoms. The number of aryl methyl sites for hydroxylation is 1. The second-order valence-corrected chi connectivity index (χ2v) is 5.85. The molecule has 18 heavy (non-hydrogen) atoms. The van der Waals surface area contributed by atoms with Crippen LogP contribution in [0, 0.1) is 6.92 Å². The predicted octanol–water partition coefficient (Wildman–Crippen LogP) is 3.66. The van der Waals surface area contributed by atoms with Gasteiger partial charge in [-0.2, -0.15) is 0 Å². The van der Waals surface area contributed by atoms with E-state index in [1.54, 1.807) is 17.4 Å². The Labute approximate surface area is 119 Å². The molecular formula is C11H12Cl2N4S. The van der Waals surface area contributed by atoms with Crippen LogP contribution >= 0.6 is 34.5 Å². The van der Waals surface area contributed by atoms with E-state index in [1.807, 2.05) is 0 Å². The smallest absolute Gasteiger partial charge is 0.161 e. The van der Waals surface area contributed by atoms with Crippen LogP contribution < -0.4 is 16.6 Å². The summed E-state index contributed by atoms with van der Waals surface area (Å²) in [7, 11) is 0. The summed E-state index contributed by atoms with van der Waals surface area (Å²) in [5, 5.41) is 4.01. The van der Waals surface area contributed by atoms with Crippen molar-refractivity contribution in [2.75, 3.05) is 10.7 Å². The first-order valence-electron chi connectivity index (χ1n) is 5.22. The van der Waals surface area contributed by atoms with Crippen LogP contribution in [0.2, 0.25) is 10.0 Å². The molecule has 2 aromatic rings. The van der Waals surface area contributed by atoms with E-state index in [0.717, 1.165) is 0 Å². The maximum absolute atomic E-state index is 6.06. The number of nitrogens with zero attached hydrogens (tertiary/aromatic N) is 1. The molecule has 0 aromatic carbocycles. The van der Waals surface area contributed by atoms with E-state index in [2.05, 4.69) is 34.8 Å². The molecule has 0 saturated heterocycles. The second-order valence-electron chi connectivity index (χ2n) is 3.66. The molecule has 0 aliphatic heterocycles. The number of hydrogen-bond donors (Lipinski definition) is 3. The van der Waals surface area contributed by atoms with Crippen LogP contribution in [-0.4, -0.2) is 4.98 Å². The molecule has 0 atom stereocenters. The third-order valence-electron chi connectivity index (χ3n) is 2.29. The monoisotopic (exact) mass is 302 g/mol. The largest absolute Gasteiger partial charge is 0.364 e. The lowest BCUT2D eigenvalue weighted by Gasteiger charge is -2.09. The highest BCUT2D eigenvalue weighted by molar-refractivity contribution is 7.11. The van der Waals surface area contributed by atoms with Crippen molar-refractivity contribution < 1.29 is 0 Å². The topological polar surface area (TPSA) is 63.0 Å². The number of pyridine rings is 1. The molecule has 2 rings (SSSR count). The fourth-order valence-electron chi connectivity index (χ4n) is 1.44. The summed E-state index contributed by atoms with van der Waals surface area (Å²) >= 11 is 13.7. The Morgan fingerprint density at radius 3 is 2.61 bits per heavy atom. The Balaban J connectivity index is 2.13. The molecule has 4 N–H and O–H groups in total. The van der Waals surface area contributed by atoms with E-state index < -0.39 is 0 Å². The molecule has 0 radical (unpaired) electrons. The van der Waals surface area contributed by atoms with Gasteiger partial charge in [0.1, 0.15) is 5.82 Å². The number of rotatable bonds is 4. The van der Waals surface area contributed by atoms with Crippen LogP contribution in [0.3, 0.4) is 0 Å². The Morgan fingerprint density at radius 2 is 2.00 bits per heavy atom. The van der Waals surface area contributed by atoms with Crippen LogP contribution in [0.5, 0.6) is 0 Å². The van der Waals surface area contributed by atoms with Gasteiger partial charge < -0.3 is 10.7 Å². The van der Waals surface area contributed by atoms with E-state index in [4.69, 9.17) is 29.0 Å². The summed E-state index contributed by atoms with van der Waals surface area (Å²) in [5.74, 6) is 6.26. The lowest BCUT2D eigenvalue weighted by atomic mass is 10.4. The fraction of sp³-hybridized carbons (Fsp3) is 0.182. The van der Waals surface area contributed by atoms with E-state index in [-0.39, 0.29) is 0 Å². The number of nitrogen functional groups attached to an aromatic ring is 1. The number of nitrogens with one attached hydrogen (secondary N) is 2. The molecule has 4 nitrogen and oxygen atoms in total. The van der Waals surface area contributed by atoms with Crippen LogP contribution in [0.4, 0.5) is 11.6 Å². The van der Waals surface area contributed by atoms with Gasteiger partial charge in [0.05, 0.1) is 16.6 Å². The van der Waals surface area contributed by atoms with E-state index in [0.29, 0.717) is 28.2 Å². The molecule has 2 heterocycles. The van der Waals surface area contributed by atoms with Crippen molar-refractivity contribution >= 4 is 46.2 Å². The molecule has 0 unspecified atom stereocenters. The molecule has 0 aliphatic rings. The minimum Gasteiger partial charge on any atom is -0.364 e. The Hall–Kier alpha value is -1.01. The van der Waals surface area contributed by atoms with Crippen molar-refractivity contribution in [3.63, 3.8) is 0 Å². The molecule has 0 spiro atoms. The van der Waals surface area contributed by atoms with Crippen molar-refractivity contribution in [2.45, 2.75) is 13.5 Å². The Morgan fingerprint density at radius 1 is 1.28 bits per heavy atom. The third-order valence-corrected chi connectivity index (χ3v) is 3.87. The summed E-state index contributed by atoms with van der Waals surface area (Å²) in [6.07, 6.45) is 0. The molecule has 7 heteroatoms. The molecule has 0 fully saturated rings. The number of anilines is 2. The average Bonchev–Trinajstić information content (AvgIpc) is 2.74. The van der Waals surface area contributed by atoms with E-state index in [9.17, 15) is 0 Å². The normalized spacial score (nSPS) is 10.4. The maximum Gasteiger partial charge on any atom is 0.161 e. The average molecular weight is 303 g/mol. The van der Waals surface area contributed by atoms with Gasteiger partial charge in [-0.05, 0) is 25.1 Å². The number of hydrazine groups is 1. The number of nitrogens with two attached hydrogens (primary N) is 1. The second kappa shape index (κ2) is 5.75. The molecule has 0 aliphatic carbocycles. The summed E-state index contributed by atoms with van der Waals surface area (Å²) in [6.45, 7) is 2.73. The van der Waals surface area contributed by atoms with Gasteiger partial charge in [-0.1, -0.05) is 23.2 Å². The fourth-order valence-corrected chi connectivity index (χ4v) is 2.75. The van der Waals surface area contributed by atoms with Gasteiger partial charge in [0.25, 0.3) is 0 Å². The lowest BCUT2D eigenvalue weighted by Crippen LogP contribution is -2.11. The minimum absolute atomic E-state index is 0.389. The van der Waals surface area contributed by atoms with Gasteiger partial charge in [-0.15, -0.1) is 11.3 Å². The predicted molar refractivity (Wildman–Crippen MR) is 78.4 cm³/mol. The van der Waals surface area contributed by atoms with Gasteiger partial charge in [0, 0.05) is 9.75 Å². The summed E-state index contributed by atoms with van der Waals surface area (Å²) < 4.78 is 0. The van der Waals surface area contributed by atoms with Gasteiger partial charge in [0.15, 0.2) is 5.82 Å². The lowest BCUT2D eigenvalue weighted by molar-refractivity contribution is 1.13. The van der Waals surface area contributed by atoms with Gasteiger partial charge in [-0.3, -0.25) is 0 Å². The number of aromatic nitrogens is 1. The number of halogens is 2. The SMILES string of the molecule is Cc1ccc(CNc2nc(NN)c(Cl)cc2Cl)s1. The summed E-state index contributed by atoms with van der Waals surface area (Å²) in [5.41, 5.74) is 2.43. The van der Waals surface area contributed by atoms with Gasteiger partial charge >= 0.3 is 0 Å². The summed E-state index contributed by atoms with van der Waals surface area (Å²) in [4.78, 5) is 6.69. The van der Waals surface area contributed by atoms with E-state index >= 15 is 0 Å². The molecule has 0 saturated carbocycles. The number of hydrogen-bond acceptors (Lipinski definition) is 5. The molecule has 0 amide bonds. The highest BCUT2D eigenvalue weighted by Gasteiger charge is 2.08. The number of thiophene rings is 1. The first-order valence-corrected chi connectivity index (χ1v) is 6.79. The van der Waals surface area contributed by atoms with Crippen molar-refractivity contribution in [1.82, 2.24) is 4.98 Å². The first-order chi connectivity index (χ1) is 8.60. The van der Waals surface area contributed by atoms with Gasteiger partial charge in [-0.25, -0.2) is 10.8 Å². The van der Waals surface area contributed by atoms with Crippen molar-refractivity contribution in [2.24, 2.45) is 5.84 Å². The molecule has 96 valence electrons. The third kappa shape index (κ3) is 3.05. The zero-order chi connectivity index (χ0) is 13.1. The molecular weight excluding hydrogens is 291 g/mol. The Bertz CT molecular complexity index is 556. The first kappa shape index (κ1) is 13.4. The van der Waals surface area contributed by atoms with Crippen LogP contribution in [0.15, 0.2) is 18.2 Å². The van der Waals surface area contributed by atoms with Crippen molar-refractivity contribution in [3.05, 3.63) is 38.0 Å². The zero-order valence-corrected chi connectivity index (χ0v) is 12.0. The quantitative estimate of drug-likeness (QED) is 0.596. The standard InChI is InChI=1S/C11H12Cl2N4S/c1-6-2-3-7(18-6)5-15-10-8(12)4-9(13)11(16-10)17-14/h2-4H,5,14H2,1H3,(H2,15,16,17). The van der Waals surface area contributed by atoms with Crippen molar-refractivity contribution in [3.8, 4) is 0 Å². The van der Waals surface area contributed by atoms with Crippen LogP contribution in [0.1, 0.15) is 9.75 Å². The highest BCUT2D eigenvalue weighted by Crippen LogP contribution is 2.29. The minimum atomic E-state index is 0.389. The summed E-state index contributed by atoms with van der Waals surface area (Å²) in [6, 6.07) is 5.75.